The molecule has 0 heterocycles. The summed E-state index contributed by atoms with van der Waals surface area (Å²) < 4.78 is 85.5. The van der Waals surface area contributed by atoms with Crippen LogP contribution in [0.2, 0.25) is 0 Å². The minimum absolute atomic E-state index is 0.0813. The van der Waals surface area contributed by atoms with E-state index in [1.807, 2.05) is 13.8 Å². The van der Waals surface area contributed by atoms with E-state index in [1.165, 1.54) is 18.2 Å². The Hall–Kier alpha value is -3.34. The van der Waals surface area contributed by atoms with Crippen LogP contribution in [0.15, 0.2) is 43.0 Å². The summed E-state index contributed by atoms with van der Waals surface area (Å²) in [5, 5.41) is 3.02. The van der Waals surface area contributed by atoms with E-state index < -0.39 is 35.4 Å². The molecule has 204 valence electrons. The smallest absolute Gasteiger partial charge is 0.416 e. The predicted octanol–water partition coefficient (Wildman–Crippen LogP) is 6.91. The minimum Gasteiger partial charge on any atom is -0.462 e. The van der Waals surface area contributed by atoms with Crippen molar-refractivity contribution >= 4 is 18.0 Å². The number of ether oxygens (including phenoxy) is 2. The fourth-order valence-electron chi connectivity index (χ4n) is 2.88. The van der Waals surface area contributed by atoms with E-state index in [1.54, 1.807) is 13.8 Å². The number of alkyl halides is 6. The van der Waals surface area contributed by atoms with Crippen LogP contribution in [0.1, 0.15) is 70.7 Å². The Balaban J connectivity index is 0.000000375. The summed E-state index contributed by atoms with van der Waals surface area (Å²) >= 11 is 0. The van der Waals surface area contributed by atoms with Gasteiger partial charge in [-0.05, 0) is 61.4 Å². The fourth-order valence-corrected chi connectivity index (χ4v) is 2.88. The highest BCUT2D eigenvalue weighted by Crippen LogP contribution is 2.32. The lowest BCUT2D eigenvalue weighted by Gasteiger charge is -2.13. The van der Waals surface area contributed by atoms with Gasteiger partial charge in [-0.3, -0.25) is 0 Å². The molecule has 37 heavy (non-hydrogen) atoms. The predicted molar refractivity (Wildman–Crippen MR) is 127 cm³/mol. The average molecular weight is 534 g/mol. The molecule has 0 spiro atoms. The zero-order valence-corrected chi connectivity index (χ0v) is 20.8. The zero-order valence-electron chi connectivity index (χ0n) is 20.8. The van der Waals surface area contributed by atoms with Gasteiger partial charge in [-0.2, -0.15) is 26.3 Å². The molecule has 0 saturated carbocycles. The summed E-state index contributed by atoms with van der Waals surface area (Å²) in [7, 11) is 0. The van der Waals surface area contributed by atoms with Crippen molar-refractivity contribution in [3.8, 4) is 0 Å². The molecule has 0 saturated heterocycles. The summed E-state index contributed by atoms with van der Waals surface area (Å²) in [6, 6.07) is 6.41. The molecule has 0 aromatic heterocycles. The van der Waals surface area contributed by atoms with Crippen LogP contribution in [-0.4, -0.2) is 31.2 Å². The molecule has 2 aromatic carbocycles. The lowest BCUT2D eigenvalue weighted by molar-refractivity contribution is -0.138. The van der Waals surface area contributed by atoms with Gasteiger partial charge in [0.05, 0.1) is 35.5 Å². The van der Waals surface area contributed by atoms with E-state index in [-0.39, 0.29) is 42.5 Å². The molecule has 11 heteroatoms. The lowest BCUT2D eigenvalue weighted by Crippen LogP contribution is -2.22. The number of esters is 2. The number of carbonyl (C=O) groups is 2. The lowest BCUT2D eigenvalue weighted by atomic mass is 10.0. The molecule has 5 nitrogen and oxygen atoms in total. The van der Waals surface area contributed by atoms with Crippen molar-refractivity contribution in [2.45, 2.75) is 52.6 Å². The van der Waals surface area contributed by atoms with Crippen molar-refractivity contribution in [3.05, 3.63) is 76.4 Å². The molecule has 0 aliphatic heterocycles. The molecule has 0 radical (unpaired) electrons. The molecule has 0 bridgehead atoms. The molecule has 1 N–H and O–H groups in total. The molecule has 0 amide bonds. The van der Waals surface area contributed by atoms with E-state index in [9.17, 15) is 35.9 Å². The van der Waals surface area contributed by atoms with Gasteiger partial charge in [-0.15, -0.1) is 0 Å². The Morgan fingerprint density at radius 1 is 0.838 bits per heavy atom. The molecule has 0 aliphatic rings. The molecule has 0 atom stereocenters. The number of hydrogen-bond acceptors (Lipinski definition) is 5. The van der Waals surface area contributed by atoms with E-state index in [0.29, 0.717) is 5.56 Å². The fraction of sp³-hybridized carbons (Fsp3) is 0.385. The maximum Gasteiger partial charge on any atom is 0.416 e. The molecular formula is C26H29F6NO4. The van der Waals surface area contributed by atoms with Crippen molar-refractivity contribution in [2.75, 3.05) is 13.2 Å². The highest BCUT2D eigenvalue weighted by atomic mass is 19.4. The summed E-state index contributed by atoms with van der Waals surface area (Å²) in [6.07, 6.45) is -7.74. The SMILES string of the molecule is C=Cc1cc(C(=O)OCC)cc(C(F)(F)F)c1.CCOC(=O)c1cc(CNC(C)C)cc(C(F)(F)F)c1. The van der Waals surface area contributed by atoms with Gasteiger partial charge in [0.2, 0.25) is 0 Å². The van der Waals surface area contributed by atoms with Crippen LogP contribution in [0.4, 0.5) is 26.3 Å². The van der Waals surface area contributed by atoms with Gasteiger partial charge in [0.15, 0.2) is 0 Å². The van der Waals surface area contributed by atoms with Gasteiger partial charge in [0.25, 0.3) is 0 Å². The Bertz CT molecular complexity index is 1080. The van der Waals surface area contributed by atoms with Crippen molar-refractivity contribution in [2.24, 2.45) is 0 Å². The van der Waals surface area contributed by atoms with Gasteiger partial charge in [0.1, 0.15) is 0 Å². The van der Waals surface area contributed by atoms with Crippen LogP contribution in [0.25, 0.3) is 6.08 Å². The zero-order chi connectivity index (χ0) is 28.4. The van der Waals surface area contributed by atoms with Crippen LogP contribution >= 0.6 is 0 Å². The molecule has 0 aliphatic carbocycles. The minimum atomic E-state index is -4.50. The number of halogens is 6. The number of benzene rings is 2. The van der Waals surface area contributed by atoms with Gasteiger partial charge in [-0.25, -0.2) is 9.59 Å². The highest BCUT2D eigenvalue weighted by molar-refractivity contribution is 5.90. The van der Waals surface area contributed by atoms with E-state index in [4.69, 9.17) is 4.74 Å². The van der Waals surface area contributed by atoms with Crippen LogP contribution in [0.5, 0.6) is 0 Å². The third kappa shape index (κ3) is 10.7. The van der Waals surface area contributed by atoms with E-state index >= 15 is 0 Å². The van der Waals surface area contributed by atoms with Crippen LogP contribution < -0.4 is 5.32 Å². The molecular weight excluding hydrogens is 504 g/mol. The van der Waals surface area contributed by atoms with Crippen molar-refractivity contribution in [1.29, 1.82) is 0 Å². The Labute approximate surface area is 211 Å². The topological polar surface area (TPSA) is 64.6 Å². The first kappa shape index (κ1) is 31.7. The second kappa shape index (κ2) is 13.8. The first-order chi connectivity index (χ1) is 17.1. The van der Waals surface area contributed by atoms with Crippen molar-refractivity contribution in [3.63, 3.8) is 0 Å². The summed E-state index contributed by atoms with van der Waals surface area (Å²) in [6.45, 7) is 10.8. The van der Waals surface area contributed by atoms with Crippen molar-refractivity contribution in [1.82, 2.24) is 5.32 Å². The first-order valence-corrected chi connectivity index (χ1v) is 11.3. The molecule has 2 rings (SSSR count). The summed E-state index contributed by atoms with van der Waals surface area (Å²) in [5.41, 5.74) is -1.32. The largest absolute Gasteiger partial charge is 0.462 e. The summed E-state index contributed by atoms with van der Waals surface area (Å²) in [4.78, 5) is 23.0. The van der Waals surface area contributed by atoms with Crippen LogP contribution in [0, 0.1) is 0 Å². The van der Waals surface area contributed by atoms with Crippen molar-refractivity contribution < 1.29 is 45.4 Å². The Morgan fingerprint density at radius 3 is 1.70 bits per heavy atom. The van der Waals surface area contributed by atoms with Gasteiger partial charge in [0, 0.05) is 12.6 Å². The Kier molecular flexibility index (Phi) is 11.8. The molecule has 2 aromatic rings. The van der Waals surface area contributed by atoms with E-state index in [2.05, 4.69) is 16.6 Å². The number of rotatable bonds is 8. The molecule has 0 unspecified atom stereocenters. The standard InChI is InChI=1S/C14H18F3NO2.C12H11F3O2/c1-4-20-13(19)11-5-10(8-18-9(2)3)6-12(7-11)14(15,16)17;1-3-8-5-9(11(16)17-4-2)7-10(6-8)12(13,14)15/h5-7,9,18H,4,8H2,1-3H3;3,5-7H,1,4H2,2H3. The van der Waals surface area contributed by atoms with Crippen LogP contribution in [0.3, 0.4) is 0 Å². The quantitative estimate of drug-likeness (QED) is 0.295. The normalized spacial score (nSPS) is 11.4. The highest BCUT2D eigenvalue weighted by Gasteiger charge is 2.32. The maximum absolute atomic E-state index is 12.8. The third-order valence-corrected chi connectivity index (χ3v) is 4.58. The summed E-state index contributed by atoms with van der Waals surface area (Å²) in [5.74, 6) is -1.52. The van der Waals surface area contributed by atoms with E-state index in [0.717, 1.165) is 24.3 Å². The van der Waals surface area contributed by atoms with Gasteiger partial charge in [-0.1, -0.05) is 26.5 Å². The number of carbonyl (C=O) groups excluding carboxylic acids is 2. The first-order valence-electron chi connectivity index (χ1n) is 11.3. The third-order valence-electron chi connectivity index (χ3n) is 4.58. The average Bonchev–Trinajstić information content (AvgIpc) is 2.81. The van der Waals surface area contributed by atoms with Gasteiger partial charge < -0.3 is 14.8 Å². The maximum atomic E-state index is 12.8. The Morgan fingerprint density at radius 2 is 1.30 bits per heavy atom. The molecule has 0 fully saturated rings. The number of nitrogens with one attached hydrogen (secondary N) is 1. The van der Waals surface area contributed by atoms with Gasteiger partial charge >= 0.3 is 24.3 Å². The van der Waals surface area contributed by atoms with Crippen LogP contribution in [-0.2, 0) is 28.4 Å². The second-order valence-corrected chi connectivity index (χ2v) is 7.94. The number of hydrogen-bond donors (Lipinski definition) is 1. The monoisotopic (exact) mass is 533 g/mol. The second-order valence-electron chi connectivity index (χ2n) is 7.94.